The first-order valence-corrected chi connectivity index (χ1v) is 8.98. The monoisotopic (exact) mass is 364 g/mol. The van der Waals surface area contributed by atoms with Crippen LogP contribution in [0.2, 0.25) is 0 Å². The van der Waals surface area contributed by atoms with Crippen LogP contribution in [0.1, 0.15) is 12.0 Å². The summed E-state index contributed by atoms with van der Waals surface area (Å²) in [5.74, 6) is 2.15. The number of nitrogen functional groups attached to an aromatic ring is 1. The molecule has 0 bridgehead atoms. The highest BCUT2D eigenvalue weighted by molar-refractivity contribution is 5.98. The van der Waals surface area contributed by atoms with Gasteiger partial charge in [0.25, 0.3) is 0 Å². The quantitative estimate of drug-likeness (QED) is 0.586. The Hall–Kier alpha value is -3.36. The molecule has 1 aliphatic rings. The second-order valence-corrected chi connectivity index (χ2v) is 6.62. The van der Waals surface area contributed by atoms with E-state index in [0.717, 1.165) is 48.9 Å². The minimum Gasteiger partial charge on any atom is -0.494 e. The third kappa shape index (κ3) is 2.46. The highest BCUT2D eigenvalue weighted by Crippen LogP contribution is 2.31. The number of hydrogen-bond acceptors (Lipinski definition) is 7. The second-order valence-electron chi connectivity index (χ2n) is 6.62. The summed E-state index contributed by atoms with van der Waals surface area (Å²) < 4.78 is 9.13. The third-order valence-electron chi connectivity index (χ3n) is 5.13. The van der Waals surface area contributed by atoms with Crippen molar-refractivity contribution < 1.29 is 4.74 Å². The van der Waals surface area contributed by atoms with E-state index in [2.05, 4.69) is 41.9 Å². The van der Waals surface area contributed by atoms with Crippen molar-refractivity contribution in [3.8, 4) is 5.75 Å². The Morgan fingerprint density at radius 3 is 3.00 bits per heavy atom. The molecule has 0 aliphatic carbocycles. The van der Waals surface area contributed by atoms with Gasteiger partial charge in [0.2, 0.25) is 5.95 Å². The van der Waals surface area contributed by atoms with Gasteiger partial charge in [-0.05, 0) is 24.5 Å². The fourth-order valence-electron chi connectivity index (χ4n) is 3.86. The number of hydrogen-bond donors (Lipinski definition) is 1. The van der Waals surface area contributed by atoms with Crippen LogP contribution in [0, 0.1) is 0 Å². The average Bonchev–Trinajstić information content (AvgIpc) is 3.35. The molecule has 3 aromatic heterocycles. The summed E-state index contributed by atoms with van der Waals surface area (Å²) in [7, 11) is 1.63. The van der Waals surface area contributed by atoms with Gasteiger partial charge in [-0.2, -0.15) is 14.7 Å². The van der Waals surface area contributed by atoms with Crippen LogP contribution in [0.3, 0.4) is 0 Å². The molecule has 0 saturated heterocycles. The number of benzene rings is 1. The first-order valence-electron chi connectivity index (χ1n) is 8.98. The lowest BCUT2D eigenvalue weighted by Crippen LogP contribution is -2.33. The van der Waals surface area contributed by atoms with Crippen molar-refractivity contribution in [3.05, 3.63) is 36.3 Å². The first kappa shape index (κ1) is 15.9. The van der Waals surface area contributed by atoms with E-state index >= 15 is 0 Å². The van der Waals surface area contributed by atoms with Crippen LogP contribution in [0.25, 0.3) is 16.6 Å². The predicted molar refractivity (Wildman–Crippen MR) is 102 cm³/mol. The van der Waals surface area contributed by atoms with E-state index in [0.29, 0.717) is 17.3 Å². The molecule has 27 heavy (non-hydrogen) atoms. The van der Waals surface area contributed by atoms with Gasteiger partial charge in [0, 0.05) is 25.7 Å². The van der Waals surface area contributed by atoms with E-state index < -0.39 is 0 Å². The van der Waals surface area contributed by atoms with E-state index in [-0.39, 0.29) is 0 Å². The Bertz CT molecular complexity index is 1130. The van der Waals surface area contributed by atoms with Crippen molar-refractivity contribution in [3.63, 3.8) is 0 Å². The molecule has 0 unspecified atom stereocenters. The number of aromatic nitrogens is 6. The zero-order valence-electron chi connectivity index (χ0n) is 15.0. The number of fused-ring (bicyclic) bond motifs is 4. The Balaban J connectivity index is 1.57. The average molecular weight is 364 g/mol. The van der Waals surface area contributed by atoms with E-state index in [1.807, 2.05) is 12.3 Å². The lowest BCUT2D eigenvalue weighted by Gasteiger charge is -2.29. The molecule has 1 aliphatic heterocycles. The maximum Gasteiger partial charge on any atom is 0.223 e. The van der Waals surface area contributed by atoms with Crippen LogP contribution >= 0.6 is 0 Å². The van der Waals surface area contributed by atoms with Crippen molar-refractivity contribution in [2.45, 2.75) is 19.4 Å². The Morgan fingerprint density at radius 2 is 2.11 bits per heavy atom. The molecular weight excluding hydrogens is 344 g/mol. The molecule has 1 aromatic carbocycles. The summed E-state index contributed by atoms with van der Waals surface area (Å²) in [5.41, 5.74) is 8.62. The van der Waals surface area contributed by atoms with Gasteiger partial charge in [0.1, 0.15) is 23.4 Å². The number of anilines is 2. The van der Waals surface area contributed by atoms with Crippen LogP contribution in [0.5, 0.6) is 5.75 Å². The van der Waals surface area contributed by atoms with Gasteiger partial charge in [-0.25, -0.2) is 14.6 Å². The largest absolute Gasteiger partial charge is 0.494 e. The summed E-state index contributed by atoms with van der Waals surface area (Å²) >= 11 is 0. The van der Waals surface area contributed by atoms with Crippen LogP contribution in [-0.4, -0.2) is 49.6 Å². The number of nitrogens with zero attached hydrogens (tertiary/aromatic N) is 7. The second kappa shape index (κ2) is 6.11. The van der Waals surface area contributed by atoms with Crippen LogP contribution in [0.15, 0.2) is 30.7 Å². The standard InChI is InChI=1S/C18H20N8O/c1-27-13-4-3-12(6-10-24-8-2-9-25-14(24)5-7-21-25)15-16(13)23-18(19)26-17(15)20-11-22-26/h3-5,7,11H,2,6,8-10H2,1H3,(H2,19,23). The summed E-state index contributed by atoms with van der Waals surface area (Å²) in [6.07, 6.45) is 5.31. The van der Waals surface area contributed by atoms with E-state index in [1.54, 1.807) is 11.6 Å². The third-order valence-corrected chi connectivity index (χ3v) is 5.13. The van der Waals surface area contributed by atoms with Gasteiger partial charge in [0.15, 0.2) is 5.65 Å². The molecule has 4 aromatic rings. The molecule has 138 valence electrons. The molecule has 0 fully saturated rings. The zero-order valence-corrected chi connectivity index (χ0v) is 15.0. The number of rotatable bonds is 4. The Morgan fingerprint density at radius 1 is 1.19 bits per heavy atom. The van der Waals surface area contributed by atoms with Crippen LogP contribution in [-0.2, 0) is 13.0 Å². The number of methoxy groups -OCH3 is 1. The number of aryl methyl sites for hydroxylation is 1. The number of nitrogens with two attached hydrogens (primary N) is 1. The van der Waals surface area contributed by atoms with Gasteiger partial charge < -0.3 is 15.4 Å². The Kier molecular flexibility index (Phi) is 3.59. The van der Waals surface area contributed by atoms with Gasteiger partial charge in [0.05, 0.1) is 18.7 Å². The fourth-order valence-corrected chi connectivity index (χ4v) is 3.86. The maximum atomic E-state index is 6.05. The topological polar surface area (TPSA) is 99.4 Å². The molecule has 0 spiro atoms. The minimum absolute atomic E-state index is 0.297. The van der Waals surface area contributed by atoms with Gasteiger partial charge in [-0.15, -0.1) is 0 Å². The lowest BCUT2D eigenvalue weighted by atomic mass is 10.0. The minimum atomic E-state index is 0.297. The molecule has 0 amide bonds. The van der Waals surface area contributed by atoms with Crippen molar-refractivity contribution in [1.29, 1.82) is 0 Å². The van der Waals surface area contributed by atoms with E-state index in [1.165, 1.54) is 12.1 Å². The Labute approximate surface area is 155 Å². The first-order chi connectivity index (χ1) is 13.3. The maximum absolute atomic E-state index is 6.05. The molecule has 0 radical (unpaired) electrons. The highest BCUT2D eigenvalue weighted by atomic mass is 16.5. The van der Waals surface area contributed by atoms with E-state index in [9.17, 15) is 0 Å². The molecule has 0 atom stereocenters. The van der Waals surface area contributed by atoms with Crippen molar-refractivity contribution in [1.82, 2.24) is 29.4 Å². The fraction of sp³-hybridized carbons (Fsp3) is 0.333. The molecule has 4 heterocycles. The molecule has 9 heteroatoms. The summed E-state index contributed by atoms with van der Waals surface area (Å²) in [4.78, 5) is 11.3. The molecular formula is C18H20N8O. The summed E-state index contributed by atoms with van der Waals surface area (Å²) in [6, 6.07) is 6.09. The normalized spacial score (nSPS) is 14.0. The smallest absolute Gasteiger partial charge is 0.223 e. The molecule has 9 nitrogen and oxygen atoms in total. The van der Waals surface area contributed by atoms with Crippen LogP contribution in [0.4, 0.5) is 11.8 Å². The molecule has 5 rings (SSSR count). The molecule has 2 N–H and O–H groups in total. The number of ether oxygens (including phenoxy) is 1. The highest BCUT2D eigenvalue weighted by Gasteiger charge is 2.19. The lowest BCUT2D eigenvalue weighted by molar-refractivity contribution is 0.418. The zero-order chi connectivity index (χ0) is 18.4. The summed E-state index contributed by atoms with van der Waals surface area (Å²) in [5, 5.41) is 9.52. The van der Waals surface area contributed by atoms with Crippen molar-refractivity contribution in [2.75, 3.05) is 30.8 Å². The summed E-state index contributed by atoms with van der Waals surface area (Å²) in [6.45, 7) is 2.90. The van der Waals surface area contributed by atoms with E-state index in [4.69, 9.17) is 10.5 Å². The van der Waals surface area contributed by atoms with Crippen LogP contribution < -0.4 is 15.4 Å². The van der Waals surface area contributed by atoms with Crippen molar-refractivity contribution >= 4 is 28.3 Å². The van der Waals surface area contributed by atoms with Gasteiger partial charge >= 0.3 is 0 Å². The SMILES string of the molecule is COc1ccc(CCN2CCCn3nccc32)c2c1nc(N)n1ncnc21. The van der Waals surface area contributed by atoms with Crippen molar-refractivity contribution in [2.24, 2.45) is 0 Å². The van der Waals surface area contributed by atoms with Gasteiger partial charge in [-0.3, -0.25) is 0 Å². The molecule has 0 saturated carbocycles. The predicted octanol–water partition coefficient (Wildman–Crippen LogP) is 1.52. The van der Waals surface area contributed by atoms with Gasteiger partial charge in [-0.1, -0.05) is 6.07 Å².